The predicted octanol–water partition coefficient (Wildman–Crippen LogP) is 2.48. The molecule has 0 saturated carbocycles. The molecule has 1 aliphatic rings. The number of hydrogen-bond acceptors (Lipinski definition) is 7. The first-order chi connectivity index (χ1) is 11.6. The number of thioether (sulfide) groups is 1. The minimum Gasteiger partial charge on any atom is -0.484 e. The Kier molecular flexibility index (Phi) is 4.92. The van der Waals surface area contributed by atoms with Gasteiger partial charge in [-0.05, 0) is 35.5 Å². The largest absolute Gasteiger partial charge is 0.484 e. The van der Waals surface area contributed by atoms with Crippen molar-refractivity contribution in [3.63, 3.8) is 0 Å². The van der Waals surface area contributed by atoms with Crippen molar-refractivity contribution in [3.05, 3.63) is 46.3 Å². The number of thiazole rings is 1. The Balaban J connectivity index is 1.55. The topological polar surface area (TPSA) is 97.4 Å². The van der Waals surface area contributed by atoms with Gasteiger partial charge in [-0.1, -0.05) is 12.1 Å². The molecule has 24 heavy (non-hydrogen) atoms. The molecule has 0 unspecified atom stereocenters. The van der Waals surface area contributed by atoms with E-state index in [2.05, 4.69) is 15.6 Å². The van der Waals surface area contributed by atoms with Crippen LogP contribution >= 0.6 is 23.1 Å². The lowest BCUT2D eigenvalue weighted by Gasteiger charge is -2.06. The number of nitrogens with one attached hydrogen (secondary N) is 2. The molecule has 2 N–H and O–H groups in total. The SMILES string of the molecule is O=C(COc1ccc(/C=C2\SC(=O)NC2=O)cc1)Nc1nccs1. The smallest absolute Gasteiger partial charge is 0.290 e. The lowest BCUT2D eigenvalue weighted by molar-refractivity contribution is -0.118. The number of benzene rings is 1. The van der Waals surface area contributed by atoms with E-state index in [1.807, 2.05) is 0 Å². The van der Waals surface area contributed by atoms with Gasteiger partial charge in [0.15, 0.2) is 11.7 Å². The number of anilines is 1. The van der Waals surface area contributed by atoms with Crippen LogP contribution < -0.4 is 15.4 Å². The molecule has 1 aromatic carbocycles. The van der Waals surface area contributed by atoms with Crippen LogP contribution in [-0.2, 0) is 9.59 Å². The zero-order chi connectivity index (χ0) is 16.9. The lowest BCUT2D eigenvalue weighted by Crippen LogP contribution is -2.19. The van der Waals surface area contributed by atoms with E-state index >= 15 is 0 Å². The summed E-state index contributed by atoms with van der Waals surface area (Å²) in [5, 5.41) is 6.72. The van der Waals surface area contributed by atoms with E-state index < -0.39 is 5.91 Å². The Labute approximate surface area is 145 Å². The average Bonchev–Trinajstić information content (AvgIpc) is 3.16. The maximum Gasteiger partial charge on any atom is 0.290 e. The Hall–Kier alpha value is -2.65. The number of rotatable bonds is 5. The van der Waals surface area contributed by atoms with Crippen LogP contribution in [0.15, 0.2) is 40.7 Å². The van der Waals surface area contributed by atoms with Crippen LogP contribution in [0.25, 0.3) is 6.08 Å². The monoisotopic (exact) mass is 361 g/mol. The summed E-state index contributed by atoms with van der Waals surface area (Å²) in [6.45, 7) is -0.132. The van der Waals surface area contributed by atoms with Gasteiger partial charge in [-0.3, -0.25) is 25.0 Å². The van der Waals surface area contributed by atoms with E-state index in [4.69, 9.17) is 4.74 Å². The number of carbonyl (C=O) groups is 3. The summed E-state index contributed by atoms with van der Waals surface area (Å²) in [4.78, 5) is 38.6. The highest BCUT2D eigenvalue weighted by molar-refractivity contribution is 8.18. The second-order valence-electron chi connectivity index (χ2n) is 4.60. The van der Waals surface area contributed by atoms with Crippen molar-refractivity contribution in [2.75, 3.05) is 11.9 Å². The van der Waals surface area contributed by atoms with Gasteiger partial charge < -0.3 is 4.74 Å². The maximum atomic E-state index is 11.7. The number of nitrogens with zero attached hydrogens (tertiary/aromatic N) is 1. The third-order valence-corrected chi connectivity index (χ3v) is 4.37. The van der Waals surface area contributed by atoms with Crippen molar-refractivity contribution in [2.45, 2.75) is 0 Å². The number of aromatic nitrogens is 1. The summed E-state index contributed by atoms with van der Waals surface area (Å²) in [6.07, 6.45) is 3.22. The second-order valence-corrected chi connectivity index (χ2v) is 6.50. The van der Waals surface area contributed by atoms with Crippen LogP contribution in [0.3, 0.4) is 0 Å². The summed E-state index contributed by atoms with van der Waals surface area (Å²) < 4.78 is 5.39. The standard InChI is InChI=1S/C15H11N3O4S2/c19-12(17-14-16-5-6-23-14)8-22-10-3-1-9(2-4-10)7-11-13(20)18-15(21)24-11/h1-7H,8H2,(H,16,17,19)(H,18,20,21)/b11-7-. The molecule has 0 atom stereocenters. The molecule has 1 saturated heterocycles. The molecule has 3 amide bonds. The summed E-state index contributed by atoms with van der Waals surface area (Å²) in [5.41, 5.74) is 0.752. The summed E-state index contributed by atoms with van der Waals surface area (Å²) in [6, 6.07) is 6.83. The molecule has 0 aliphatic carbocycles. The maximum absolute atomic E-state index is 11.7. The van der Waals surface area contributed by atoms with Gasteiger partial charge in [-0.25, -0.2) is 4.98 Å². The first kappa shape index (κ1) is 16.2. The molecule has 2 aromatic rings. The molecule has 1 aliphatic heterocycles. The van der Waals surface area contributed by atoms with E-state index in [9.17, 15) is 14.4 Å². The van der Waals surface area contributed by atoms with Gasteiger partial charge in [0.25, 0.3) is 17.1 Å². The van der Waals surface area contributed by atoms with E-state index in [0.717, 1.165) is 17.3 Å². The minimum atomic E-state index is -0.399. The number of imide groups is 1. The third-order valence-electron chi connectivity index (χ3n) is 2.87. The van der Waals surface area contributed by atoms with Gasteiger partial charge >= 0.3 is 0 Å². The highest BCUT2D eigenvalue weighted by Gasteiger charge is 2.24. The van der Waals surface area contributed by atoms with Crippen LogP contribution in [0.2, 0.25) is 0 Å². The quantitative estimate of drug-likeness (QED) is 0.794. The van der Waals surface area contributed by atoms with Crippen LogP contribution in [0.1, 0.15) is 5.56 Å². The second kappa shape index (κ2) is 7.28. The Bertz CT molecular complexity index is 801. The van der Waals surface area contributed by atoms with Crippen LogP contribution in [0, 0.1) is 0 Å². The van der Waals surface area contributed by atoms with Crippen molar-refractivity contribution < 1.29 is 19.1 Å². The number of amides is 3. The first-order valence-electron chi connectivity index (χ1n) is 6.77. The fourth-order valence-corrected chi connectivity index (χ4v) is 3.05. The fraction of sp³-hybridized carbons (Fsp3) is 0.0667. The van der Waals surface area contributed by atoms with Gasteiger partial charge in [-0.15, -0.1) is 11.3 Å². The van der Waals surface area contributed by atoms with Gasteiger partial charge in [0, 0.05) is 11.6 Å². The molecule has 1 fully saturated rings. The van der Waals surface area contributed by atoms with Crippen molar-refractivity contribution in [2.24, 2.45) is 0 Å². The third kappa shape index (κ3) is 4.21. The molecule has 0 radical (unpaired) electrons. The molecule has 3 rings (SSSR count). The molecule has 0 spiro atoms. The van der Waals surface area contributed by atoms with Crippen LogP contribution in [-0.4, -0.2) is 28.6 Å². The first-order valence-corrected chi connectivity index (χ1v) is 8.47. The Morgan fingerprint density at radius 2 is 2.08 bits per heavy atom. The molecule has 122 valence electrons. The molecular formula is C15H11N3O4S2. The van der Waals surface area contributed by atoms with E-state index in [-0.39, 0.29) is 17.8 Å². The number of ether oxygens (including phenoxy) is 1. The molecule has 2 heterocycles. The van der Waals surface area contributed by atoms with Crippen LogP contribution in [0.5, 0.6) is 5.75 Å². The average molecular weight is 361 g/mol. The predicted molar refractivity (Wildman–Crippen MR) is 91.8 cm³/mol. The van der Waals surface area contributed by atoms with Gasteiger partial charge in [-0.2, -0.15) is 0 Å². The fourth-order valence-electron chi connectivity index (χ4n) is 1.82. The summed E-state index contributed by atoms with van der Waals surface area (Å²) >= 11 is 2.19. The van der Waals surface area contributed by atoms with E-state index in [1.54, 1.807) is 41.9 Å². The number of carbonyl (C=O) groups excluding carboxylic acids is 3. The minimum absolute atomic E-state index is 0.132. The highest BCUT2D eigenvalue weighted by atomic mass is 32.2. The van der Waals surface area contributed by atoms with Crippen LogP contribution in [0.4, 0.5) is 9.93 Å². The summed E-state index contributed by atoms with van der Waals surface area (Å²) in [5.74, 6) is -0.177. The molecule has 0 bridgehead atoms. The van der Waals surface area contributed by atoms with Gasteiger partial charge in [0.1, 0.15) is 5.75 Å². The van der Waals surface area contributed by atoms with Crippen molar-refractivity contribution in [1.29, 1.82) is 0 Å². The summed E-state index contributed by atoms with van der Waals surface area (Å²) in [7, 11) is 0. The highest BCUT2D eigenvalue weighted by Crippen LogP contribution is 2.26. The normalized spacial score (nSPS) is 15.4. The lowest BCUT2D eigenvalue weighted by atomic mass is 10.2. The van der Waals surface area contributed by atoms with Gasteiger partial charge in [0.2, 0.25) is 0 Å². The zero-order valence-electron chi connectivity index (χ0n) is 12.1. The molecular weight excluding hydrogens is 350 g/mol. The van der Waals surface area contributed by atoms with E-state index in [0.29, 0.717) is 15.8 Å². The Morgan fingerprint density at radius 1 is 1.29 bits per heavy atom. The van der Waals surface area contributed by atoms with Crippen molar-refractivity contribution in [1.82, 2.24) is 10.3 Å². The van der Waals surface area contributed by atoms with E-state index in [1.165, 1.54) is 11.3 Å². The number of hydrogen-bond donors (Lipinski definition) is 2. The van der Waals surface area contributed by atoms with Gasteiger partial charge in [0.05, 0.1) is 4.91 Å². The zero-order valence-corrected chi connectivity index (χ0v) is 13.8. The molecule has 1 aromatic heterocycles. The Morgan fingerprint density at radius 3 is 2.71 bits per heavy atom. The molecule has 7 nitrogen and oxygen atoms in total. The molecule has 9 heteroatoms. The van der Waals surface area contributed by atoms with Crippen molar-refractivity contribution >= 4 is 51.4 Å². The van der Waals surface area contributed by atoms with Crippen molar-refractivity contribution in [3.8, 4) is 5.75 Å².